The molecule has 4 atom stereocenters. The monoisotopic (exact) mass is 338 g/mol. The Kier molecular flexibility index (Phi) is 4.93. The second-order valence-electron chi connectivity index (χ2n) is 5.11. The summed E-state index contributed by atoms with van der Waals surface area (Å²) in [5, 5.41) is 34.9. The van der Waals surface area contributed by atoms with Crippen LogP contribution in [0.5, 0.6) is 0 Å². The number of aromatic nitrogens is 4. The zero-order chi connectivity index (χ0) is 16.4. The summed E-state index contributed by atoms with van der Waals surface area (Å²) in [5.41, 5.74) is 0.512. The molecule has 0 radical (unpaired) electrons. The number of thioether (sulfide) groups is 1. The van der Waals surface area contributed by atoms with E-state index in [9.17, 15) is 15.3 Å². The van der Waals surface area contributed by atoms with Crippen LogP contribution in [0.4, 0.5) is 0 Å². The lowest BCUT2D eigenvalue weighted by molar-refractivity contribution is -0.0566. The molecule has 0 aliphatic carbocycles. The Balaban J connectivity index is 1.92. The highest BCUT2D eigenvalue weighted by atomic mass is 32.2. The minimum atomic E-state index is -1.19. The first-order valence-electron chi connectivity index (χ1n) is 7.22. The number of nitrogens with zero attached hydrogens (tertiary/aromatic N) is 4. The number of ether oxygens (including phenoxy) is 1. The van der Waals surface area contributed by atoms with Gasteiger partial charge in [0.15, 0.2) is 11.9 Å². The van der Waals surface area contributed by atoms with E-state index in [1.807, 2.05) is 19.1 Å². The third-order valence-corrected chi connectivity index (χ3v) is 4.62. The Bertz CT molecular complexity index is 707. The van der Waals surface area contributed by atoms with E-state index in [2.05, 4.69) is 15.1 Å². The molecule has 124 valence electrons. The summed E-state index contributed by atoms with van der Waals surface area (Å²) in [6, 6.07) is 0. The molecule has 0 spiro atoms. The molecule has 1 fully saturated rings. The Morgan fingerprint density at radius 2 is 2.17 bits per heavy atom. The lowest BCUT2D eigenvalue weighted by Crippen LogP contribution is -2.33. The van der Waals surface area contributed by atoms with Gasteiger partial charge in [0.1, 0.15) is 29.7 Å². The number of hydrogen-bond acceptors (Lipinski definition) is 8. The van der Waals surface area contributed by atoms with Crippen LogP contribution in [0, 0.1) is 0 Å². The van der Waals surface area contributed by atoms with E-state index in [4.69, 9.17) is 4.74 Å². The maximum atomic E-state index is 10.1. The molecule has 1 saturated heterocycles. The van der Waals surface area contributed by atoms with Gasteiger partial charge in [0.25, 0.3) is 0 Å². The number of hydrogen-bond donors (Lipinski definition) is 3. The number of aliphatic hydroxyl groups is 3. The molecule has 0 aromatic carbocycles. The van der Waals surface area contributed by atoms with E-state index in [-0.39, 0.29) is 6.61 Å². The van der Waals surface area contributed by atoms with Crippen molar-refractivity contribution in [3.63, 3.8) is 0 Å². The van der Waals surface area contributed by atoms with Gasteiger partial charge < -0.3 is 20.1 Å². The quantitative estimate of drug-likeness (QED) is 0.400. The second-order valence-corrected chi connectivity index (χ2v) is 6.12. The SMILES string of the molecule is C/C=C/CSc1ncnc2c1cnn2C1OC(CO)C(O)C1O. The van der Waals surface area contributed by atoms with Crippen LogP contribution >= 0.6 is 11.8 Å². The van der Waals surface area contributed by atoms with Gasteiger partial charge in [0, 0.05) is 5.75 Å². The Morgan fingerprint density at radius 1 is 1.35 bits per heavy atom. The van der Waals surface area contributed by atoms with Crippen molar-refractivity contribution in [2.24, 2.45) is 0 Å². The summed E-state index contributed by atoms with van der Waals surface area (Å²) >= 11 is 1.55. The van der Waals surface area contributed by atoms with Gasteiger partial charge in [0.2, 0.25) is 0 Å². The minimum Gasteiger partial charge on any atom is -0.394 e. The molecular formula is C14H18N4O4S. The van der Waals surface area contributed by atoms with Gasteiger partial charge in [-0.2, -0.15) is 5.10 Å². The zero-order valence-electron chi connectivity index (χ0n) is 12.5. The van der Waals surface area contributed by atoms with Gasteiger partial charge in [-0.15, -0.1) is 11.8 Å². The number of aliphatic hydroxyl groups excluding tert-OH is 3. The first kappa shape index (κ1) is 16.3. The first-order valence-corrected chi connectivity index (χ1v) is 8.20. The van der Waals surface area contributed by atoms with Crippen molar-refractivity contribution in [2.45, 2.75) is 36.5 Å². The van der Waals surface area contributed by atoms with Crippen LogP contribution in [0.3, 0.4) is 0 Å². The van der Waals surface area contributed by atoms with Crippen LogP contribution < -0.4 is 0 Å². The predicted octanol–water partition coefficient (Wildman–Crippen LogP) is 0.106. The maximum absolute atomic E-state index is 10.1. The average molecular weight is 338 g/mol. The molecule has 9 heteroatoms. The standard InChI is InChI=1S/C14H18N4O4S/c1-2-3-4-23-13-8-5-17-18(12(8)15-7-16-13)14-11(21)10(20)9(6-19)22-14/h2-3,5,7,9-11,14,19-21H,4,6H2,1H3/b3-2+. The average Bonchev–Trinajstić information content (AvgIpc) is 3.11. The molecule has 0 amide bonds. The molecule has 1 aliphatic rings. The van der Waals surface area contributed by atoms with Crippen LogP contribution in [-0.2, 0) is 4.74 Å². The molecule has 3 heterocycles. The van der Waals surface area contributed by atoms with Gasteiger partial charge >= 0.3 is 0 Å². The molecule has 3 N–H and O–H groups in total. The summed E-state index contributed by atoms with van der Waals surface area (Å²) in [6.45, 7) is 1.57. The molecule has 0 bridgehead atoms. The first-order chi connectivity index (χ1) is 11.2. The van der Waals surface area contributed by atoms with E-state index in [0.717, 1.165) is 16.2 Å². The highest BCUT2D eigenvalue weighted by Gasteiger charge is 2.44. The van der Waals surface area contributed by atoms with Crippen molar-refractivity contribution in [3.05, 3.63) is 24.7 Å². The molecule has 2 aromatic rings. The summed E-state index contributed by atoms with van der Waals surface area (Å²) in [7, 11) is 0. The van der Waals surface area contributed by atoms with E-state index >= 15 is 0 Å². The molecule has 4 unspecified atom stereocenters. The van der Waals surface area contributed by atoms with Gasteiger partial charge in [-0.25, -0.2) is 14.6 Å². The zero-order valence-corrected chi connectivity index (χ0v) is 13.3. The Hall–Kier alpha value is -1.52. The molecule has 1 aliphatic heterocycles. The van der Waals surface area contributed by atoms with Crippen LogP contribution in [0.2, 0.25) is 0 Å². The van der Waals surface area contributed by atoms with Gasteiger partial charge in [-0.05, 0) is 6.92 Å². The summed E-state index contributed by atoms with van der Waals surface area (Å²) in [5.74, 6) is 0.779. The van der Waals surface area contributed by atoms with Crippen molar-refractivity contribution in [3.8, 4) is 0 Å². The Labute approximate surface area is 136 Å². The molecule has 2 aromatic heterocycles. The third kappa shape index (κ3) is 2.98. The van der Waals surface area contributed by atoms with E-state index < -0.39 is 24.5 Å². The minimum absolute atomic E-state index is 0.382. The molecule has 3 rings (SSSR count). The lowest BCUT2D eigenvalue weighted by Gasteiger charge is -2.15. The van der Waals surface area contributed by atoms with Crippen molar-refractivity contribution in [1.29, 1.82) is 0 Å². The molecule has 8 nitrogen and oxygen atoms in total. The van der Waals surface area contributed by atoms with E-state index in [1.165, 1.54) is 11.0 Å². The van der Waals surface area contributed by atoms with Crippen LogP contribution in [-0.4, -0.2) is 65.7 Å². The van der Waals surface area contributed by atoms with Crippen molar-refractivity contribution >= 4 is 22.8 Å². The maximum Gasteiger partial charge on any atom is 0.181 e. The highest BCUT2D eigenvalue weighted by molar-refractivity contribution is 7.99. The van der Waals surface area contributed by atoms with E-state index in [1.54, 1.807) is 18.0 Å². The van der Waals surface area contributed by atoms with Crippen molar-refractivity contribution < 1.29 is 20.1 Å². The fourth-order valence-electron chi connectivity index (χ4n) is 2.45. The molecule has 0 saturated carbocycles. The summed E-state index contributed by atoms with van der Waals surface area (Å²) in [4.78, 5) is 8.46. The topological polar surface area (TPSA) is 114 Å². The van der Waals surface area contributed by atoms with E-state index in [0.29, 0.717) is 5.65 Å². The summed E-state index contributed by atoms with van der Waals surface area (Å²) in [6.07, 6.45) is 2.92. The van der Waals surface area contributed by atoms with Crippen LogP contribution in [0.25, 0.3) is 11.0 Å². The fourth-order valence-corrected chi connectivity index (χ4v) is 3.32. The Morgan fingerprint density at radius 3 is 2.87 bits per heavy atom. The molecule has 23 heavy (non-hydrogen) atoms. The number of rotatable bonds is 5. The van der Waals surface area contributed by atoms with Crippen molar-refractivity contribution in [1.82, 2.24) is 19.7 Å². The summed E-state index contributed by atoms with van der Waals surface area (Å²) < 4.78 is 6.92. The van der Waals surface area contributed by atoms with Gasteiger partial charge in [0.05, 0.1) is 18.2 Å². The van der Waals surface area contributed by atoms with Gasteiger partial charge in [-0.3, -0.25) is 0 Å². The third-order valence-electron chi connectivity index (χ3n) is 3.66. The number of allylic oxidation sites excluding steroid dienone is 1. The molecular weight excluding hydrogens is 320 g/mol. The normalized spacial score (nSPS) is 28.2. The smallest absolute Gasteiger partial charge is 0.181 e. The van der Waals surface area contributed by atoms with Crippen LogP contribution in [0.1, 0.15) is 13.2 Å². The fraction of sp³-hybridized carbons (Fsp3) is 0.500. The number of fused-ring (bicyclic) bond motifs is 1. The van der Waals surface area contributed by atoms with Crippen molar-refractivity contribution in [2.75, 3.05) is 12.4 Å². The van der Waals surface area contributed by atoms with Gasteiger partial charge in [-0.1, -0.05) is 12.2 Å². The predicted molar refractivity (Wildman–Crippen MR) is 83.9 cm³/mol. The lowest BCUT2D eigenvalue weighted by atomic mass is 10.1. The van der Waals surface area contributed by atoms with Crippen LogP contribution in [0.15, 0.2) is 29.7 Å². The second kappa shape index (κ2) is 6.93. The highest BCUT2D eigenvalue weighted by Crippen LogP contribution is 2.32. The largest absolute Gasteiger partial charge is 0.394 e.